The first-order chi connectivity index (χ1) is 12.7. The first-order valence-electron chi connectivity index (χ1n) is 8.59. The summed E-state index contributed by atoms with van der Waals surface area (Å²) in [6, 6.07) is 15.5. The minimum atomic E-state index is -0.251. The molecule has 1 N–H and O–H groups in total. The summed E-state index contributed by atoms with van der Waals surface area (Å²) in [4.78, 5) is 14.3. The molecule has 4 nitrogen and oxygen atoms in total. The third kappa shape index (κ3) is 4.56. The monoisotopic (exact) mass is 349 g/mol. The lowest BCUT2D eigenvalue weighted by atomic mass is 10.1. The average molecular weight is 349 g/mol. The predicted molar refractivity (Wildman–Crippen MR) is 98.4 cm³/mol. The maximum absolute atomic E-state index is 12.9. The number of carbonyl (C=O) groups excluding carboxylic acids is 1. The van der Waals surface area contributed by atoms with Crippen molar-refractivity contribution in [2.75, 3.05) is 13.1 Å². The maximum atomic E-state index is 12.9. The molecule has 5 heteroatoms. The maximum Gasteiger partial charge on any atom is 0.240 e. The molecule has 1 fully saturated rings. The lowest BCUT2D eigenvalue weighted by molar-refractivity contribution is -0.129. The van der Waals surface area contributed by atoms with E-state index < -0.39 is 0 Å². The van der Waals surface area contributed by atoms with Crippen molar-refractivity contribution < 1.29 is 9.18 Å². The number of halogens is 1. The van der Waals surface area contributed by atoms with Gasteiger partial charge in [-0.2, -0.15) is 5.26 Å². The van der Waals surface area contributed by atoms with Gasteiger partial charge in [0.25, 0.3) is 0 Å². The van der Waals surface area contributed by atoms with Crippen molar-refractivity contribution in [3.8, 4) is 6.07 Å². The fraction of sp³-hybridized carbons (Fsp3) is 0.238. The Hall–Kier alpha value is -2.97. The number of carbonyl (C=O) groups is 1. The van der Waals surface area contributed by atoms with Gasteiger partial charge < -0.3 is 10.2 Å². The Bertz CT molecular complexity index is 822. The number of nitrogens with zero attached hydrogens (tertiary/aromatic N) is 2. The average Bonchev–Trinajstić information content (AvgIpc) is 3.01. The third-order valence-electron chi connectivity index (χ3n) is 4.42. The van der Waals surface area contributed by atoms with Gasteiger partial charge in [0.05, 0.1) is 17.7 Å². The van der Waals surface area contributed by atoms with Crippen LogP contribution < -0.4 is 5.32 Å². The second kappa shape index (κ2) is 8.41. The van der Waals surface area contributed by atoms with Crippen LogP contribution in [0.5, 0.6) is 0 Å². The summed E-state index contributed by atoms with van der Waals surface area (Å²) in [6.07, 6.45) is 4.61. The smallest absolute Gasteiger partial charge is 0.240 e. The minimum Gasteiger partial charge on any atom is -0.337 e. The molecule has 3 rings (SSSR count). The van der Waals surface area contributed by atoms with Crippen molar-refractivity contribution in [1.82, 2.24) is 10.2 Å². The van der Waals surface area contributed by atoms with E-state index in [2.05, 4.69) is 11.4 Å². The van der Waals surface area contributed by atoms with Crippen molar-refractivity contribution in [3.63, 3.8) is 0 Å². The van der Waals surface area contributed by atoms with E-state index in [9.17, 15) is 9.18 Å². The number of hydrogen-bond acceptors (Lipinski definition) is 3. The van der Waals surface area contributed by atoms with E-state index in [1.165, 1.54) is 12.1 Å². The summed E-state index contributed by atoms with van der Waals surface area (Å²) in [5, 5.41) is 12.1. The lowest BCUT2D eigenvalue weighted by Crippen LogP contribution is -2.38. The first kappa shape index (κ1) is 17.8. The molecule has 26 heavy (non-hydrogen) atoms. The third-order valence-corrected chi connectivity index (χ3v) is 4.42. The van der Waals surface area contributed by atoms with Crippen LogP contribution in [0, 0.1) is 17.1 Å². The molecule has 132 valence electrons. The number of nitriles is 1. The Morgan fingerprint density at radius 3 is 2.62 bits per heavy atom. The zero-order valence-electron chi connectivity index (χ0n) is 14.4. The number of amides is 1. The summed E-state index contributed by atoms with van der Waals surface area (Å²) < 4.78 is 12.9. The second-order valence-electron chi connectivity index (χ2n) is 6.27. The topological polar surface area (TPSA) is 56.1 Å². The second-order valence-corrected chi connectivity index (χ2v) is 6.27. The Balaban J connectivity index is 1.47. The number of nitrogens with one attached hydrogen (secondary N) is 1. The van der Waals surface area contributed by atoms with Gasteiger partial charge in [0.1, 0.15) is 5.82 Å². The summed E-state index contributed by atoms with van der Waals surface area (Å²) in [7, 11) is 0. The molecule has 1 amide bonds. The van der Waals surface area contributed by atoms with E-state index in [1.807, 2.05) is 29.2 Å². The molecule has 0 saturated carbocycles. The zero-order valence-corrected chi connectivity index (χ0v) is 14.4. The minimum absolute atomic E-state index is 0.101. The standard InChI is InChI=1S/C21H20FN3O/c22-19-9-7-16(8-10-19)2-1-12-24-20-11-13-25(21(20)26)15-18-5-3-17(14-23)4-6-18/h1-10,20,24H,11-13,15H2/b2-1+. The normalized spacial score (nSPS) is 17.0. The molecule has 0 bridgehead atoms. The van der Waals surface area contributed by atoms with Gasteiger partial charge in [0, 0.05) is 19.6 Å². The van der Waals surface area contributed by atoms with Gasteiger partial charge in [-0.15, -0.1) is 0 Å². The van der Waals surface area contributed by atoms with Gasteiger partial charge in [-0.05, 0) is 41.8 Å². The summed E-state index contributed by atoms with van der Waals surface area (Å²) in [6.45, 7) is 1.87. The van der Waals surface area contributed by atoms with Gasteiger partial charge >= 0.3 is 0 Å². The Labute approximate surface area is 152 Å². The first-order valence-corrected chi connectivity index (χ1v) is 8.59. The van der Waals surface area contributed by atoms with Crippen LogP contribution >= 0.6 is 0 Å². The van der Waals surface area contributed by atoms with Crippen LogP contribution in [0.3, 0.4) is 0 Å². The lowest BCUT2D eigenvalue weighted by Gasteiger charge is -2.17. The van der Waals surface area contributed by atoms with E-state index in [-0.39, 0.29) is 17.8 Å². The SMILES string of the molecule is N#Cc1ccc(CN2CCC(NC/C=C/c3ccc(F)cc3)C2=O)cc1. The van der Waals surface area contributed by atoms with Crippen LogP contribution in [0.2, 0.25) is 0 Å². The molecule has 1 aliphatic rings. The van der Waals surface area contributed by atoms with Crippen molar-refractivity contribution in [2.24, 2.45) is 0 Å². The largest absolute Gasteiger partial charge is 0.337 e. The zero-order chi connectivity index (χ0) is 18.4. The molecule has 0 spiro atoms. The van der Waals surface area contributed by atoms with Crippen molar-refractivity contribution >= 4 is 12.0 Å². The predicted octanol–water partition coefficient (Wildman–Crippen LogP) is 3.10. The highest BCUT2D eigenvalue weighted by Crippen LogP contribution is 2.15. The number of hydrogen-bond donors (Lipinski definition) is 1. The van der Waals surface area contributed by atoms with E-state index in [4.69, 9.17) is 5.26 Å². The van der Waals surface area contributed by atoms with Crippen LogP contribution in [0.1, 0.15) is 23.1 Å². The molecule has 0 aromatic heterocycles. The van der Waals surface area contributed by atoms with Crippen LogP contribution in [-0.2, 0) is 11.3 Å². The van der Waals surface area contributed by atoms with E-state index in [0.717, 1.165) is 24.1 Å². The van der Waals surface area contributed by atoms with Crippen molar-refractivity contribution in [1.29, 1.82) is 5.26 Å². The van der Waals surface area contributed by atoms with Gasteiger partial charge in [0.15, 0.2) is 0 Å². The summed E-state index contributed by atoms with van der Waals surface area (Å²) in [5.74, 6) is -0.149. The molecule has 1 aliphatic heterocycles. The van der Waals surface area contributed by atoms with Crippen LogP contribution in [0.15, 0.2) is 54.6 Å². The fourth-order valence-electron chi connectivity index (χ4n) is 2.97. The summed E-state index contributed by atoms with van der Waals surface area (Å²) in [5.41, 5.74) is 2.57. The fourth-order valence-corrected chi connectivity index (χ4v) is 2.97. The highest BCUT2D eigenvalue weighted by Gasteiger charge is 2.30. The number of benzene rings is 2. The van der Waals surface area contributed by atoms with Crippen molar-refractivity contribution in [2.45, 2.75) is 19.0 Å². The van der Waals surface area contributed by atoms with Crippen LogP contribution in [0.4, 0.5) is 4.39 Å². The molecule has 0 aliphatic carbocycles. The van der Waals surface area contributed by atoms with Gasteiger partial charge in [0.2, 0.25) is 5.91 Å². The molecule has 1 unspecified atom stereocenters. The van der Waals surface area contributed by atoms with Crippen molar-refractivity contribution in [3.05, 3.63) is 77.1 Å². The highest BCUT2D eigenvalue weighted by molar-refractivity contribution is 5.84. The molecular formula is C21H20FN3O. The Kier molecular flexibility index (Phi) is 5.77. The van der Waals surface area contributed by atoms with Crippen LogP contribution in [0.25, 0.3) is 6.08 Å². The molecule has 1 atom stereocenters. The number of rotatable bonds is 6. The van der Waals surface area contributed by atoms with E-state index >= 15 is 0 Å². The van der Waals surface area contributed by atoms with Gasteiger partial charge in [-0.25, -0.2) is 4.39 Å². The van der Waals surface area contributed by atoms with E-state index in [1.54, 1.807) is 24.3 Å². The van der Waals surface area contributed by atoms with Crippen LogP contribution in [-0.4, -0.2) is 29.9 Å². The molecule has 2 aromatic carbocycles. The number of likely N-dealkylation sites (tertiary alicyclic amines) is 1. The van der Waals surface area contributed by atoms with Gasteiger partial charge in [-0.1, -0.05) is 36.4 Å². The van der Waals surface area contributed by atoms with E-state index in [0.29, 0.717) is 18.7 Å². The molecular weight excluding hydrogens is 329 g/mol. The molecule has 1 saturated heterocycles. The highest BCUT2D eigenvalue weighted by atomic mass is 19.1. The van der Waals surface area contributed by atoms with Gasteiger partial charge in [-0.3, -0.25) is 4.79 Å². The Morgan fingerprint density at radius 2 is 1.92 bits per heavy atom. The quantitative estimate of drug-likeness (QED) is 0.872. The summed E-state index contributed by atoms with van der Waals surface area (Å²) >= 11 is 0. The molecule has 1 heterocycles. The molecule has 0 radical (unpaired) electrons. The Morgan fingerprint density at radius 1 is 1.19 bits per heavy atom. The molecule has 2 aromatic rings.